The van der Waals surface area contributed by atoms with Gasteiger partial charge in [-0.25, -0.2) is 0 Å². The summed E-state index contributed by atoms with van der Waals surface area (Å²) in [5.41, 5.74) is 0.713. The van der Waals surface area contributed by atoms with Crippen LogP contribution in [-0.4, -0.2) is 22.9 Å². The lowest BCUT2D eigenvalue weighted by molar-refractivity contribution is -0.145. The summed E-state index contributed by atoms with van der Waals surface area (Å²) in [6, 6.07) is 6.86. The predicted octanol–water partition coefficient (Wildman–Crippen LogP) is 3.39. The molecule has 26 heavy (non-hydrogen) atoms. The lowest BCUT2D eigenvalue weighted by atomic mass is 10.2. The van der Waals surface area contributed by atoms with Gasteiger partial charge in [-0.15, -0.1) is 0 Å². The SMILES string of the molecule is O=C(CCc1nc(-c2ccco2)no1)OCc1cc(Cl)c2c(c1)OCO2. The van der Waals surface area contributed by atoms with Gasteiger partial charge in [0.25, 0.3) is 0 Å². The van der Waals surface area contributed by atoms with Crippen LogP contribution in [0.5, 0.6) is 11.5 Å². The van der Waals surface area contributed by atoms with E-state index in [0.29, 0.717) is 39.6 Å². The van der Waals surface area contributed by atoms with E-state index in [-0.39, 0.29) is 26.2 Å². The van der Waals surface area contributed by atoms with Gasteiger partial charge in [0.1, 0.15) is 6.61 Å². The number of rotatable bonds is 6. The molecule has 0 unspecified atom stereocenters. The standard InChI is InChI=1S/C17H13ClN2O6/c18-11-6-10(7-13-16(11)25-9-24-13)8-23-15(21)4-3-14-19-17(20-26-14)12-2-1-5-22-12/h1-2,5-7H,3-4,8-9H2. The largest absolute Gasteiger partial charge is 0.461 e. The molecule has 0 radical (unpaired) electrons. The first-order valence-electron chi connectivity index (χ1n) is 7.79. The van der Waals surface area contributed by atoms with E-state index in [1.54, 1.807) is 24.3 Å². The second-order valence-corrected chi connectivity index (χ2v) is 5.87. The number of carbonyl (C=O) groups is 1. The molecule has 8 nitrogen and oxygen atoms in total. The fourth-order valence-electron chi connectivity index (χ4n) is 2.41. The number of esters is 1. The van der Waals surface area contributed by atoms with Crippen LogP contribution in [0.2, 0.25) is 5.02 Å². The molecule has 0 fully saturated rings. The molecular weight excluding hydrogens is 364 g/mol. The molecule has 3 heterocycles. The molecule has 4 rings (SSSR count). The second kappa shape index (κ2) is 7.09. The number of hydrogen-bond acceptors (Lipinski definition) is 8. The highest BCUT2D eigenvalue weighted by Crippen LogP contribution is 2.39. The second-order valence-electron chi connectivity index (χ2n) is 5.46. The lowest BCUT2D eigenvalue weighted by Gasteiger charge is -2.06. The van der Waals surface area contributed by atoms with Gasteiger partial charge < -0.3 is 23.2 Å². The van der Waals surface area contributed by atoms with Gasteiger partial charge in [0.2, 0.25) is 18.5 Å². The number of furan rings is 1. The molecule has 0 amide bonds. The Morgan fingerprint density at radius 1 is 1.31 bits per heavy atom. The zero-order valence-corrected chi connectivity index (χ0v) is 14.2. The minimum Gasteiger partial charge on any atom is -0.461 e. The molecule has 9 heteroatoms. The van der Waals surface area contributed by atoms with E-state index in [1.165, 1.54) is 6.26 Å². The van der Waals surface area contributed by atoms with Crippen LogP contribution in [0.4, 0.5) is 0 Å². The Hall–Kier alpha value is -3.00. The zero-order chi connectivity index (χ0) is 17.9. The van der Waals surface area contributed by atoms with Gasteiger partial charge in [0.05, 0.1) is 17.7 Å². The first-order chi connectivity index (χ1) is 12.7. The van der Waals surface area contributed by atoms with Crippen molar-refractivity contribution in [2.75, 3.05) is 6.79 Å². The van der Waals surface area contributed by atoms with Crippen LogP contribution >= 0.6 is 11.6 Å². The van der Waals surface area contributed by atoms with Crippen molar-refractivity contribution in [2.24, 2.45) is 0 Å². The molecular formula is C17H13ClN2O6. The lowest BCUT2D eigenvalue weighted by Crippen LogP contribution is -2.06. The molecule has 1 aliphatic heterocycles. The smallest absolute Gasteiger partial charge is 0.306 e. The van der Waals surface area contributed by atoms with Crippen LogP contribution in [0.25, 0.3) is 11.6 Å². The average Bonchev–Trinajstić information content (AvgIpc) is 3.38. The average molecular weight is 377 g/mol. The van der Waals surface area contributed by atoms with Gasteiger partial charge in [0, 0.05) is 6.42 Å². The van der Waals surface area contributed by atoms with Gasteiger partial charge in [-0.05, 0) is 29.8 Å². The number of carbonyl (C=O) groups excluding carboxylic acids is 1. The summed E-state index contributed by atoms with van der Waals surface area (Å²) in [7, 11) is 0. The van der Waals surface area contributed by atoms with Crippen molar-refractivity contribution < 1.29 is 27.9 Å². The van der Waals surface area contributed by atoms with E-state index >= 15 is 0 Å². The summed E-state index contributed by atoms with van der Waals surface area (Å²) >= 11 is 6.10. The molecule has 0 saturated carbocycles. The maximum absolute atomic E-state index is 11.9. The summed E-state index contributed by atoms with van der Waals surface area (Å²) < 4.78 is 26.0. The number of benzene rings is 1. The molecule has 0 atom stereocenters. The highest BCUT2D eigenvalue weighted by molar-refractivity contribution is 6.32. The third-order valence-electron chi connectivity index (χ3n) is 3.64. The number of aryl methyl sites for hydroxylation is 1. The Kier molecular flexibility index (Phi) is 4.49. The molecule has 1 aliphatic rings. The summed E-state index contributed by atoms with van der Waals surface area (Å²) in [6.45, 7) is 0.207. The summed E-state index contributed by atoms with van der Waals surface area (Å²) in [5, 5.41) is 4.22. The fraction of sp³-hybridized carbons (Fsp3) is 0.235. The fourth-order valence-corrected chi connectivity index (χ4v) is 2.70. The van der Waals surface area contributed by atoms with E-state index in [1.807, 2.05) is 0 Å². The Bertz CT molecular complexity index is 921. The summed E-state index contributed by atoms with van der Waals surface area (Å²) in [6.07, 6.45) is 1.90. The number of aromatic nitrogens is 2. The minimum absolute atomic E-state index is 0.0800. The van der Waals surface area contributed by atoms with Gasteiger partial charge in [-0.2, -0.15) is 4.98 Å². The molecule has 0 aliphatic carbocycles. The minimum atomic E-state index is -0.392. The molecule has 3 aromatic rings. The van der Waals surface area contributed by atoms with E-state index < -0.39 is 5.97 Å². The van der Waals surface area contributed by atoms with E-state index in [2.05, 4.69) is 10.1 Å². The van der Waals surface area contributed by atoms with Gasteiger partial charge in [0.15, 0.2) is 17.3 Å². The van der Waals surface area contributed by atoms with Crippen molar-refractivity contribution in [3.05, 3.63) is 47.0 Å². The maximum atomic E-state index is 11.9. The topological polar surface area (TPSA) is 96.8 Å². The molecule has 1 aromatic carbocycles. The highest BCUT2D eigenvalue weighted by Gasteiger charge is 2.19. The van der Waals surface area contributed by atoms with Gasteiger partial charge in [-0.1, -0.05) is 16.8 Å². The van der Waals surface area contributed by atoms with Crippen molar-refractivity contribution in [1.29, 1.82) is 0 Å². The van der Waals surface area contributed by atoms with Gasteiger partial charge >= 0.3 is 5.97 Å². The summed E-state index contributed by atoms with van der Waals surface area (Å²) in [4.78, 5) is 16.1. The molecule has 0 bridgehead atoms. The van der Waals surface area contributed by atoms with Crippen molar-refractivity contribution in [1.82, 2.24) is 10.1 Å². The normalized spacial score (nSPS) is 12.3. The number of halogens is 1. The Morgan fingerprint density at radius 3 is 3.08 bits per heavy atom. The van der Waals surface area contributed by atoms with Crippen molar-refractivity contribution in [3.63, 3.8) is 0 Å². The van der Waals surface area contributed by atoms with E-state index in [9.17, 15) is 4.79 Å². The Labute approximate surface area is 152 Å². The molecule has 0 N–H and O–H groups in total. The van der Waals surface area contributed by atoms with Crippen LogP contribution in [0, 0.1) is 0 Å². The third kappa shape index (κ3) is 3.50. The first-order valence-corrected chi connectivity index (χ1v) is 8.17. The van der Waals surface area contributed by atoms with Crippen LogP contribution < -0.4 is 9.47 Å². The monoisotopic (exact) mass is 376 g/mol. The van der Waals surface area contributed by atoms with Crippen molar-refractivity contribution in [2.45, 2.75) is 19.4 Å². The van der Waals surface area contributed by atoms with Crippen molar-refractivity contribution >= 4 is 17.6 Å². The predicted molar refractivity (Wildman–Crippen MR) is 87.7 cm³/mol. The Balaban J connectivity index is 1.29. The zero-order valence-electron chi connectivity index (χ0n) is 13.4. The molecule has 0 saturated heterocycles. The number of nitrogens with zero attached hydrogens (tertiary/aromatic N) is 2. The number of fused-ring (bicyclic) bond motifs is 1. The molecule has 134 valence electrons. The Morgan fingerprint density at radius 2 is 2.23 bits per heavy atom. The maximum Gasteiger partial charge on any atom is 0.306 e. The van der Waals surface area contributed by atoms with Crippen molar-refractivity contribution in [3.8, 4) is 23.1 Å². The van der Waals surface area contributed by atoms with Crippen LogP contribution in [-0.2, 0) is 22.6 Å². The van der Waals surface area contributed by atoms with Crippen LogP contribution in [0.1, 0.15) is 17.9 Å². The number of ether oxygens (including phenoxy) is 3. The molecule has 0 spiro atoms. The molecule has 2 aromatic heterocycles. The third-order valence-corrected chi connectivity index (χ3v) is 3.92. The summed E-state index contributed by atoms with van der Waals surface area (Å²) in [5.74, 6) is 1.83. The highest BCUT2D eigenvalue weighted by atomic mass is 35.5. The first kappa shape index (κ1) is 16.5. The van der Waals surface area contributed by atoms with Crippen LogP contribution in [0.3, 0.4) is 0 Å². The van der Waals surface area contributed by atoms with E-state index in [0.717, 1.165) is 0 Å². The van der Waals surface area contributed by atoms with Gasteiger partial charge in [-0.3, -0.25) is 4.79 Å². The van der Waals surface area contributed by atoms with Crippen LogP contribution in [0.15, 0.2) is 39.5 Å². The number of hydrogen-bond donors (Lipinski definition) is 0. The van der Waals surface area contributed by atoms with E-state index in [4.69, 9.17) is 34.8 Å². The quantitative estimate of drug-likeness (QED) is 0.604.